The van der Waals surface area contributed by atoms with E-state index in [1.807, 2.05) is 0 Å². The maximum atomic E-state index is 11.5. The molecule has 1 heterocycles. The predicted octanol–water partition coefficient (Wildman–Crippen LogP) is 0.785. The van der Waals surface area contributed by atoms with E-state index in [1.54, 1.807) is 0 Å². The van der Waals surface area contributed by atoms with Crippen molar-refractivity contribution in [2.24, 2.45) is 11.8 Å². The van der Waals surface area contributed by atoms with Crippen LogP contribution in [0.3, 0.4) is 0 Å². The van der Waals surface area contributed by atoms with E-state index in [9.17, 15) is 14.7 Å². The van der Waals surface area contributed by atoms with Gasteiger partial charge in [-0.2, -0.15) is 12.6 Å². The number of ketones is 1. The van der Waals surface area contributed by atoms with E-state index in [1.165, 1.54) is 6.92 Å². The van der Waals surface area contributed by atoms with Crippen LogP contribution in [0.5, 0.6) is 0 Å². The van der Waals surface area contributed by atoms with Crippen LogP contribution >= 0.6 is 12.6 Å². The van der Waals surface area contributed by atoms with Crippen LogP contribution in [0, 0.1) is 11.8 Å². The minimum atomic E-state index is -0.918. The highest BCUT2D eigenvalue weighted by molar-refractivity contribution is 7.81. The molecular weight excluding hydrogens is 238 g/mol. The van der Waals surface area contributed by atoms with Gasteiger partial charge in [0.2, 0.25) is 5.91 Å². The number of carbonyl (C=O) groups is 2. The first kappa shape index (κ1) is 14.5. The first-order chi connectivity index (χ1) is 7.88. The van der Waals surface area contributed by atoms with Crippen molar-refractivity contribution < 1.29 is 14.7 Å². The van der Waals surface area contributed by atoms with Gasteiger partial charge in [-0.1, -0.05) is 20.3 Å². The summed E-state index contributed by atoms with van der Waals surface area (Å²) in [5.41, 5.74) is 0. The van der Waals surface area contributed by atoms with Gasteiger partial charge < -0.3 is 10.4 Å². The molecule has 4 nitrogen and oxygen atoms in total. The van der Waals surface area contributed by atoms with E-state index in [4.69, 9.17) is 0 Å². The van der Waals surface area contributed by atoms with Crippen molar-refractivity contribution in [2.45, 2.75) is 51.0 Å². The molecule has 17 heavy (non-hydrogen) atoms. The molecule has 2 N–H and O–H groups in total. The molecule has 5 unspecified atom stereocenters. The lowest BCUT2D eigenvalue weighted by atomic mass is 9.92. The molecule has 0 aromatic carbocycles. The van der Waals surface area contributed by atoms with Crippen LogP contribution in [0.25, 0.3) is 0 Å². The molecule has 1 aliphatic rings. The van der Waals surface area contributed by atoms with E-state index in [-0.39, 0.29) is 23.0 Å². The fraction of sp³-hybridized carbons (Fsp3) is 0.833. The zero-order valence-corrected chi connectivity index (χ0v) is 11.4. The minimum absolute atomic E-state index is 0.116. The van der Waals surface area contributed by atoms with Gasteiger partial charge in [0, 0.05) is 5.25 Å². The summed E-state index contributed by atoms with van der Waals surface area (Å²) < 4.78 is 0. The van der Waals surface area contributed by atoms with Gasteiger partial charge in [-0.05, 0) is 19.3 Å². The van der Waals surface area contributed by atoms with E-state index in [0.29, 0.717) is 12.3 Å². The van der Waals surface area contributed by atoms with E-state index < -0.39 is 12.0 Å². The zero-order valence-electron chi connectivity index (χ0n) is 10.5. The van der Waals surface area contributed by atoms with Crippen LogP contribution in [0.1, 0.15) is 33.6 Å². The average Bonchev–Trinajstić information content (AvgIpc) is 2.52. The number of hydrogen-bond acceptors (Lipinski definition) is 4. The van der Waals surface area contributed by atoms with Crippen molar-refractivity contribution >= 4 is 24.3 Å². The fourth-order valence-electron chi connectivity index (χ4n) is 2.13. The van der Waals surface area contributed by atoms with E-state index >= 15 is 0 Å². The minimum Gasteiger partial charge on any atom is -0.390 e. The van der Waals surface area contributed by atoms with Gasteiger partial charge in [-0.3, -0.25) is 9.59 Å². The molecule has 1 amide bonds. The molecule has 0 aromatic heterocycles. The molecule has 5 heteroatoms. The highest BCUT2D eigenvalue weighted by atomic mass is 32.1. The van der Waals surface area contributed by atoms with Crippen LogP contribution in [0.2, 0.25) is 0 Å². The molecule has 0 radical (unpaired) electrons. The summed E-state index contributed by atoms with van der Waals surface area (Å²) in [5.74, 6) is -1.13. The summed E-state index contributed by atoms with van der Waals surface area (Å²) in [4.78, 5) is 22.8. The van der Waals surface area contributed by atoms with Gasteiger partial charge in [0.1, 0.15) is 11.7 Å². The lowest BCUT2D eigenvalue weighted by molar-refractivity contribution is -0.132. The monoisotopic (exact) mass is 259 g/mol. The highest BCUT2D eigenvalue weighted by Gasteiger charge is 2.44. The average molecular weight is 259 g/mol. The quantitative estimate of drug-likeness (QED) is 0.505. The molecule has 0 aromatic rings. The lowest BCUT2D eigenvalue weighted by Gasteiger charge is -2.23. The molecule has 0 spiro atoms. The number of nitrogens with one attached hydrogen (secondary N) is 1. The Labute approximate surface area is 108 Å². The first-order valence-corrected chi connectivity index (χ1v) is 6.57. The normalized spacial score (nSPS) is 32.1. The maximum absolute atomic E-state index is 11.5. The summed E-state index contributed by atoms with van der Waals surface area (Å²) in [5, 5.41) is 12.8. The molecule has 1 aliphatic heterocycles. The Balaban J connectivity index is 2.63. The van der Waals surface area contributed by atoms with Crippen molar-refractivity contribution in [1.29, 1.82) is 0 Å². The Morgan fingerprint density at radius 2 is 2.18 bits per heavy atom. The van der Waals surface area contributed by atoms with Gasteiger partial charge in [-0.15, -0.1) is 0 Å². The highest BCUT2D eigenvalue weighted by Crippen LogP contribution is 2.25. The third kappa shape index (κ3) is 3.22. The molecular formula is C12H21NO3S. The van der Waals surface area contributed by atoms with Crippen LogP contribution in [-0.2, 0) is 9.59 Å². The van der Waals surface area contributed by atoms with Crippen molar-refractivity contribution in [3.63, 3.8) is 0 Å². The van der Waals surface area contributed by atoms with Crippen molar-refractivity contribution in [3.8, 4) is 0 Å². The number of Topliss-reactive ketones (excluding diaryl/α,β-unsaturated/α-hetero) is 1. The number of carbonyl (C=O) groups excluding carboxylic acids is 2. The van der Waals surface area contributed by atoms with Crippen molar-refractivity contribution in [1.82, 2.24) is 5.32 Å². The largest absolute Gasteiger partial charge is 0.390 e. The fourth-order valence-corrected chi connectivity index (χ4v) is 2.57. The Morgan fingerprint density at radius 1 is 1.59 bits per heavy atom. The molecule has 0 aliphatic carbocycles. The first-order valence-electron chi connectivity index (χ1n) is 6.05. The summed E-state index contributed by atoms with van der Waals surface area (Å²) in [6, 6.07) is -0.354. The smallest absolute Gasteiger partial charge is 0.233 e. The molecule has 1 fully saturated rings. The Morgan fingerprint density at radius 3 is 2.59 bits per heavy atom. The summed E-state index contributed by atoms with van der Waals surface area (Å²) in [7, 11) is 0. The number of thiol groups is 1. The zero-order chi connectivity index (χ0) is 13.2. The number of aliphatic hydroxyl groups is 1. The third-order valence-corrected chi connectivity index (χ3v) is 4.32. The van der Waals surface area contributed by atoms with Gasteiger partial charge in [0.05, 0.1) is 12.1 Å². The van der Waals surface area contributed by atoms with Gasteiger partial charge in [-0.25, -0.2) is 0 Å². The van der Waals surface area contributed by atoms with Crippen LogP contribution < -0.4 is 5.32 Å². The van der Waals surface area contributed by atoms with E-state index in [2.05, 4.69) is 31.8 Å². The Bertz CT molecular complexity index is 308. The van der Waals surface area contributed by atoms with E-state index in [0.717, 1.165) is 6.42 Å². The number of amides is 1. The molecule has 1 saturated heterocycles. The van der Waals surface area contributed by atoms with Crippen LogP contribution in [0.15, 0.2) is 0 Å². The van der Waals surface area contributed by atoms with Crippen LogP contribution in [-0.4, -0.2) is 34.2 Å². The second-order valence-electron chi connectivity index (χ2n) is 4.88. The maximum Gasteiger partial charge on any atom is 0.233 e. The van der Waals surface area contributed by atoms with Crippen LogP contribution in [0.4, 0.5) is 0 Å². The SMILES string of the molecule is CCC(C)C(S)CC1NC(=O)C(C(C)=O)C1O. The standard InChI is InChI=1S/C12H21NO3S/c1-4-6(2)9(17)5-8-11(15)10(7(3)14)12(16)13-8/h6,8-11,15,17H,4-5H2,1-3H3,(H,13,16). The number of rotatable bonds is 5. The Hall–Kier alpha value is -0.550. The Kier molecular flexibility index (Phi) is 5.01. The second kappa shape index (κ2) is 5.87. The number of hydrogen-bond donors (Lipinski definition) is 3. The second-order valence-corrected chi connectivity index (χ2v) is 5.55. The van der Waals surface area contributed by atoms with Crippen molar-refractivity contribution in [2.75, 3.05) is 0 Å². The topological polar surface area (TPSA) is 66.4 Å². The molecule has 5 atom stereocenters. The molecule has 98 valence electrons. The molecule has 0 saturated carbocycles. The summed E-state index contributed by atoms with van der Waals surface area (Å²) in [6.07, 6.45) is 0.675. The third-order valence-electron chi connectivity index (χ3n) is 3.60. The summed E-state index contributed by atoms with van der Waals surface area (Å²) >= 11 is 4.48. The van der Waals surface area contributed by atoms with Gasteiger partial charge >= 0.3 is 0 Å². The van der Waals surface area contributed by atoms with Gasteiger partial charge in [0.15, 0.2) is 0 Å². The van der Waals surface area contributed by atoms with Crippen molar-refractivity contribution in [3.05, 3.63) is 0 Å². The predicted molar refractivity (Wildman–Crippen MR) is 69.0 cm³/mol. The number of aliphatic hydroxyl groups excluding tert-OH is 1. The van der Waals surface area contributed by atoms with Gasteiger partial charge in [0.25, 0.3) is 0 Å². The lowest BCUT2D eigenvalue weighted by Crippen LogP contribution is -2.36. The molecule has 1 rings (SSSR count). The summed E-state index contributed by atoms with van der Waals surface area (Å²) in [6.45, 7) is 5.50. The molecule has 0 bridgehead atoms.